The number of hydrogen-bond donors (Lipinski definition) is 0. The molecular formula is C27H25N3O4. The van der Waals surface area contributed by atoms with Crippen LogP contribution < -0.4 is 4.74 Å². The van der Waals surface area contributed by atoms with Gasteiger partial charge in [0.1, 0.15) is 11.3 Å². The standard InChI is InChI=1S/C27H25N3O4/c1-33-24-11-6-5-10-21(24)27(32)30-15-7-14-29(16-17-30)26(31)20-12-13-23-22(18-20)25(34-28-23)19-8-3-2-4-9-19/h2-6,8-13,18H,7,14-17H2,1H3. The van der Waals surface area contributed by atoms with Crippen molar-refractivity contribution in [3.63, 3.8) is 0 Å². The van der Waals surface area contributed by atoms with Crippen molar-refractivity contribution in [3.8, 4) is 17.1 Å². The molecule has 0 spiro atoms. The number of rotatable bonds is 4. The largest absolute Gasteiger partial charge is 0.496 e. The lowest BCUT2D eigenvalue weighted by molar-refractivity contribution is 0.0717. The van der Waals surface area contributed by atoms with Crippen molar-refractivity contribution in [1.29, 1.82) is 0 Å². The summed E-state index contributed by atoms with van der Waals surface area (Å²) in [5, 5.41) is 4.95. The van der Waals surface area contributed by atoms with Crippen molar-refractivity contribution in [2.24, 2.45) is 0 Å². The first-order valence-corrected chi connectivity index (χ1v) is 11.3. The van der Waals surface area contributed by atoms with Gasteiger partial charge in [0.15, 0.2) is 5.76 Å². The molecule has 1 fully saturated rings. The maximum absolute atomic E-state index is 13.4. The number of benzene rings is 3. The minimum Gasteiger partial charge on any atom is -0.496 e. The average molecular weight is 456 g/mol. The normalized spacial score (nSPS) is 14.1. The number of carbonyl (C=O) groups is 2. The molecule has 1 aromatic heterocycles. The number of amides is 2. The summed E-state index contributed by atoms with van der Waals surface area (Å²) in [7, 11) is 1.56. The molecule has 4 aromatic rings. The molecule has 7 heteroatoms. The first kappa shape index (κ1) is 21.7. The number of carbonyl (C=O) groups excluding carboxylic acids is 2. The van der Waals surface area contributed by atoms with E-state index in [9.17, 15) is 9.59 Å². The maximum Gasteiger partial charge on any atom is 0.257 e. The lowest BCUT2D eigenvalue weighted by Crippen LogP contribution is -2.37. The maximum atomic E-state index is 13.4. The van der Waals surface area contributed by atoms with Gasteiger partial charge in [-0.3, -0.25) is 9.59 Å². The van der Waals surface area contributed by atoms with Gasteiger partial charge in [0, 0.05) is 37.3 Å². The Morgan fingerprint density at radius 1 is 0.853 bits per heavy atom. The molecule has 1 aliphatic rings. The summed E-state index contributed by atoms with van der Waals surface area (Å²) in [5.74, 6) is 1.06. The zero-order chi connectivity index (χ0) is 23.5. The average Bonchev–Trinajstić information content (AvgIpc) is 3.16. The molecule has 2 heterocycles. The Labute approximate surface area is 197 Å². The Morgan fingerprint density at radius 3 is 2.32 bits per heavy atom. The molecule has 0 aliphatic carbocycles. The van der Waals surface area contributed by atoms with Gasteiger partial charge in [-0.25, -0.2) is 0 Å². The van der Waals surface area contributed by atoms with Crippen LogP contribution in [0.25, 0.3) is 22.2 Å². The summed E-state index contributed by atoms with van der Waals surface area (Å²) < 4.78 is 10.9. The van der Waals surface area contributed by atoms with Crippen LogP contribution in [0, 0.1) is 0 Å². The van der Waals surface area contributed by atoms with Gasteiger partial charge in [-0.05, 0) is 36.8 Å². The smallest absolute Gasteiger partial charge is 0.257 e. The highest BCUT2D eigenvalue weighted by molar-refractivity contribution is 6.01. The zero-order valence-electron chi connectivity index (χ0n) is 18.9. The topological polar surface area (TPSA) is 75.9 Å². The third-order valence-corrected chi connectivity index (χ3v) is 6.17. The number of hydrogen-bond acceptors (Lipinski definition) is 5. The van der Waals surface area contributed by atoms with E-state index in [1.807, 2.05) is 59.5 Å². The first-order valence-electron chi connectivity index (χ1n) is 11.3. The predicted octanol–water partition coefficient (Wildman–Crippen LogP) is 4.49. The zero-order valence-corrected chi connectivity index (χ0v) is 18.9. The van der Waals surface area contributed by atoms with Crippen LogP contribution in [-0.4, -0.2) is 60.1 Å². The van der Waals surface area contributed by atoms with Crippen LogP contribution in [0.1, 0.15) is 27.1 Å². The number of para-hydroxylation sites is 1. The molecule has 0 atom stereocenters. The molecule has 1 saturated heterocycles. The fourth-order valence-corrected chi connectivity index (χ4v) is 4.37. The lowest BCUT2D eigenvalue weighted by atomic mass is 10.1. The summed E-state index contributed by atoms with van der Waals surface area (Å²) >= 11 is 0. The van der Waals surface area contributed by atoms with E-state index in [-0.39, 0.29) is 11.8 Å². The van der Waals surface area contributed by atoms with E-state index in [0.717, 1.165) is 10.9 Å². The van der Waals surface area contributed by atoms with Crippen molar-refractivity contribution < 1.29 is 18.8 Å². The van der Waals surface area contributed by atoms with Crippen molar-refractivity contribution in [2.75, 3.05) is 33.3 Å². The minimum absolute atomic E-state index is 0.0614. The molecule has 5 rings (SSSR count). The highest BCUT2D eigenvalue weighted by Crippen LogP contribution is 2.29. The van der Waals surface area contributed by atoms with Crippen LogP contribution in [-0.2, 0) is 0 Å². The van der Waals surface area contributed by atoms with Gasteiger partial charge in [0.2, 0.25) is 0 Å². The van der Waals surface area contributed by atoms with Crippen LogP contribution in [0.3, 0.4) is 0 Å². The molecule has 3 aromatic carbocycles. The second kappa shape index (κ2) is 9.39. The van der Waals surface area contributed by atoms with Crippen molar-refractivity contribution in [2.45, 2.75) is 6.42 Å². The molecule has 0 N–H and O–H groups in total. The number of aromatic nitrogens is 1. The molecular weight excluding hydrogens is 430 g/mol. The van der Waals surface area contributed by atoms with Crippen LogP contribution >= 0.6 is 0 Å². The van der Waals surface area contributed by atoms with Gasteiger partial charge in [-0.15, -0.1) is 0 Å². The summed E-state index contributed by atoms with van der Waals surface area (Å²) in [6, 6.07) is 22.4. The molecule has 0 bridgehead atoms. The monoisotopic (exact) mass is 455 g/mol. The Hall–Kier alpha value is -4.13. The van der Waals surface area contributed by atoms with E-state index >= 15 is 0 Å². The van der Waals surface area contributed by atoms with E-state index < -0.39 is 0 Å². The summed E-state index contributed by atoms with van der Waals surface area (Å²) in [4.78, 5) is 30.1. The number of methoxy groups -OCH3 is 1. The van der Waals surface area contributed by atoms with Gasteiger partial charge in [0.05, 0.1) is 18.1 Å². The van der Waals surface area contributed by atoms with E-state index in [1.165, 1.54) is 0 Å². The van der Waals surface area contributed by atoms with E-state index in [4.69, 9.17) is 9.26 Å². The lowest BCUT2D eigenvalue weighted by Gasteiger charge is -2.23. The highest BCUT2D eigenvalue weighted by atomic mass is 16.5. The summed E-state index contributed by atoms with van der Waals surface area (Å²) in [5.41, 5.74) is 2.74. The molecule has 0 saturated carbocycles. The van der Waals surface area contributed by atoms with Gasteiger partial charge in [-0.2, -0.15) is 0 Å². The van der Waals surface area contributed by atoms with Gasteiger partial charge < -0.3 is 19.1 Å². The fourth-order valence-electron chi connectivity index (χ4n) is 4.37. The SMILES string of the molecule is COc1ccccc1C(=O)N1CCCN(C(=O)c2ccc3noc(-c4ccccc4)c3c2)CC1. The second-order valence-corrected chi connectivity index (χ2v) is 8.25. The van der Waals surface area contributed by atoms with Crippen LogP contribution in [0.2, 0.25) is 0 Å². The summed E-state index contributed by atoms with van der Waals surface area (Å²) in [6.45, 7) is 2.10. The number of ether oxygens (including phenoxy) is 1. The molecule has 1 aliphatic heterocycles. The Morgan fingerprint density at radius 2 is 1.56 bits per heavy atom. The van der Waals surface area contributed by atoms with Gasteiger partial charge in [-0.1, -0.05) is 47.6 Å². The van der Waals surface area contributed by atoms with Crippen molar-refractivity contribution in [3.05, 3.63) is 83.9 Å². The van der Waals surface area contributed by atoms with Crippen LogP contribution in [0.5, 0.6) is 5.75 Å². The molecule has 172 valence electrons. The molecule has 7 nitrogen and oxygen atoms in total. The molecule has 2 amide bonds. The second-order valence-electron chi connectivity index (χ2n) is 8.25. The molecule has 34 heavy (non-hydrogen) atoms. The highest BCUT2D eigenvalue weighted by Gasteiger charge is 2.25. The molecule has 0 unspecified atom stereocenters. The predicted molar refractivity (Wildman–Crippen MR) is 129 cm³/mol. The fraction of sp³-hybridized carbons (Fsp3) is 0.222. The third kappa shape index (κ3) is 4.12. The van der Waals surface area contributed by atoms with Crippen LogP contribution in [0.4, 0.5) is 0 Å². The van der Waals surface area contributed by atoms with E-state index in [2.05, 4.69) is 5.16 Å². The van der Waals surface area contributed by atoms with Crippen molar-refractivity contribution in [1.82, 2.24) is 15.0 Å². The van der Waals surface area contributed by atoms with Gasteiger partial charge >= 0.3 is 0 Å². The summed E-state index contributed by atoms with van der Waals surface area (Å²) in [6.07, 6.45) is 0.706. The number of fused-ring (bicyclic) bond motifs is 1. The van der Waals surface area contributed by atoms with Gasteiger partial charge in [0.25, 0.3) is 11.8 Å². The first-order chi connectivity index (χ1) is 16.7. The van der Waals surface area contributed by atoms with Crippen LogP contribution in [0.15, 0.2) is 77.3 Å². The van der Waals surface area contributed by atoms with E-state index in [1.54, 1.807) is 30.2 Å². The molecule has 0 radical (unpaired) electrons. The van der Waals surface area contributed by atoms with Crippen molar-refractivity contribution >= 4 is 22.7 Å². The Kier molecular flexibility index (Phi) is 5.99. The Balaban J connectivity index is 1.34. The third-order valence-electron chi connectivity index (χ3n) is 6.17. The van der Waals surface area contributed by atoms with E-state index in [0.29, 0.717) is 60.8 Å². The quantitative estimate of drug-likeness (QED) is 0.453. The number of nitrogens with zero attached hydrogens (tertiary/aromatic N) is 3. The minimum atomic E-state index is -0.0786. The Bertz CT molecular complexity index is 1330.